The molecule has 1 heteroatoms. The van der Waals surface area contributed by atoms with Gasteiger partial charge in [-0.3, -0.25) is 0 Å². The number of rotatable bonds is 2. The van der Waals surface area contributed by atoms with E-state index in [2.05, 4.69) is 158 Å². The molecule has 0 saturated heterocycles. The zero-order chi connectivity index (χ0) is 29.5. The Morgan fingerprint density at radius 3 is 1.36 bits per heavy atom. The van der Waals surface area contributed by atoms with Crippen molar-refractivity contribution in [1.82, 2.24) is 0 Å². The highest BCUT2D eigenvalue weighted by Crippen LogP contribution is 2.45. The lowest BCUT2D eigenvalue weighted by Crippen LogP contribution is -1.91. The number of fused-ring (bicyclic) bond motifs is 9. The number of furan rings is 1. The van der Waals surface area contributed by atoms with Gasteiger partial charge in [0.05, 0.1) is 0 Å². The van der Waals surface area contributed by atoms with Gasteiger partial charge < -0.3 is 4.42 Å². The SMILES string of the molecule is c1ccc2cc3c(cc2c1)oc1ccc(-c2c4ccccc4c(-c4ccc5ccc6ccccc6c5c4)c4ccccc24)cc13. The van der Waals surface area contributed by atoms with Gasteiger partial charge in [0.2, 0.25) is 0 Å². The van der Waals surface area contributed by atoms with Gasteiger partial charge in [0.15, 0.2) is 0 Å². The molecule has 208 valence electrons. The van der Waals surface area contributed by atoms with Gasteiger partial charge >= 0.3 is 0 Å². The van der Waals surface area contributed by atoms with Gasteiger partial charge in [-0.15, -0.1) is 0 Å². The Kier molecular flexibility index (Phi) is 5.06. The molecular formula is C44H26O. The zero-order valence-corrected chi connectivity index (χ0v) is 24.4. The van der Waals surface area contributed by atoms with Crippen LogP contribution in [-0.4, -0.2) is 0 Å². The first-order valence-electron chi connectivity index (χ1n) is 15.5. The zero-order valence-electron chi connectivity index (χ0n) is 24.4. The summed E-state index contributed by atoms with van der Waals surface area (Å²) in [5.41, 5.74) is 6.81. The van der Waals surface area contributed by atoms with E-state index >= 15 is 0 Å². The minimum atomic E-state index is 0.915. The van der Waals surface area contributed by atoms with Crippen LogP contribution in [0.2, 0.25) is 0 Å². The molecule has 0 amide bonds. The molecule has 0 aliphatic rings. The predicted octanol–water partition coefficient (Wildman–Crippen LogP) is 12.7. The summed E-state index contributed by atoms with van der Waals surface area (Å²) in [6.07, 6.45) is 0. The molecule has 0 aliphatic carbocycles. The molecule has 0 spiro atoms. The molecule has 1 aromatic heterocycles. The molecule has 0 atom stereocenters. The van der Waals surface area contributed by atoms with Crippen molar-refractivity contribution in [2.24, 2.45) is 0 Å². The Hall–Kier alpha value is -5.92. The summed E-state index contributed by atoms with van der Waals surface area (Å²) in [6.45, 7) is 0. The Labute approximate surface area is 259 Å². The lowest BCUT2D eigenvalue weighted by atomic mass is 9.85. The van der Waals surface area contributed by atoms with Crippen LogP contribution in [-0.2, 0) is 0 Å². The topological polar surface area (TPSA) is 13.1 Å². The molecular weight excluding hydrogens is 544 g/mol. The van der Waals surface area contributed by atoms with E-state index in [0.29, 0.717) is 0 Å². The van der Waals surface area contributed by atoms with Crippen molar-refractivity contribution in [1.29, 1.82) is 0 Å². The van der Waals surface area contributed by atoms with Crippen LogP contribution in [0.1, 0.15) is 0 Å². The van der Waals surface area contributed by atoms with Gasteiger partial charge in [0.25, 0.3) is 0 Å². The van der Waals surface area contributed by atoms with E-state index in [0.717, 1.165) is 21.9 Å². The first kappa shape index (κ1) is 24.5. The minimum absolute atomic E-state index is 0.915. The van der Waals surface area contributed by atoms with Gasteiger partial charge in [0, 0.05) is 10.8 Å². The maximum absolute atomic E-state index is 6.37. The van der Waals surface area contributed by atoms with Crippen LogP contribution in [0, 0.1) is 0 Å². The second-order valence-electron chi connectivity index (χ2n) is 12.1. The normalized spacial score (nSPS) is 12.0. The fourth-order valence-corrected chi connectivity index (χ4v) is 7.53. The summed E-state index contributed by atoms with van der Waals surface area (Å²) in [4.78, 5) is 0. The van der Waals surface area contributed by atoms with Crippen molar-refractivity contribution in [3.63, 3.8) is 0 Å². The van der Waals surface area contributed by atoms with Gasteiger partial charge in [-0.1, -0.05) is 127 Å². The second-order valence-corrected chi connectivity index (χ2v) is 12.1. The quantitative estimate of drug-likeness (QED) is 0.149. The highest BCUT2D eigenvalue weighted by Gasteiger charge is 2.18. The average Bonchev–Trinajstić information content (AvgIpc) is 3.45. The van der Waals surface area contributed by atoms with Crippen LogP contribution in [0.3, 0.4) is 0 Å². The summed E-state index contributed by atoms with van der Waals surface area (Å²) < 4.78 is 6.37. The molecule has 9 aromatic carbocycles. The van der Waals surface area contributed by atoms with E-state index in [1.807, 2.05) is 0 Å². The molecule has 0 aliphatic heterocycles. The van der Waals surface area contributed by atoms with Crippen LogP contribution in [0.25, 0.3) is 98.1 Å². The predicted molar refractivity (Wildman–Crippen MR) is 192 cm³/mol. The van der Waals surface area contributed by atoms with Gasteiger partial charge in [-0.25, -0.2) is 0 Å². The van der Waals surface area contributed by atoms with E-state index < -0.39 is 0 Å². The van der Waals surface area contributed by atoms with Crippen molar-refractivity contribution >= 4 is 75.8 Å². The highest BCUT2D eigenvalue weighted by atomic mass is 16.3. The van der Waals surface area contributed by atoms with Crippen LogP contribution in [0.5, 0.6) is 0 Å². The molecule has 45 heavy (non-hydrogen) atoms. The van der Waals surface area contributed by atoms with Gasteiger partial charge in [0.1, 0.15) is 11.2 Å². The monoisotopic (exact) mass is 570 g/mol. The van der Waals surface area contributed by atoms with Crippen LogP contribution in [0.15, 0.2) is 162 Å². The van der Waals surface area contributed by atoms with E-state index in [1.165, 1.54) is 76.1 Å². The fraction of sp³-hybridized carbons (Fsp3) is 0. The minimum Gasteiger partial charge on any atom is -0.456 e. The van der Waals surface area contributed by atoms with Crippen LogP contribution >= 0.6 is 0 Å². The number of benzene rings is 9. The summed E-state index contributed by atoms with van der Waals surface area (Å²) >= 11 is 0. The van der Waals surface area contributed by atoms with Crippen LogP contribution < -0.4 is 0 Å². The third-order valence-corrected chi connectivity index (χ3v) is 9.59. The molecule has 0 N–H and O–H groups in total. The Morgan fingerprint density at radius 2 is 0.711 bits per heavy atom. The van der Waals surface area contributed by atoms with Crippen molar-refractivity contribution in [2.45, 2.75) is 0 Å². The second kappa shape index (κ2) is 9.29. The Bertz CT molecular complexity index is 2760. The molecule has 1 heterocycles. The lowest BCUT2D eigenvalue weighted by Gasteiger charge is -2.18. The smallest absolute Gasteiger partial charge is 0.136 e. The third kappa shape index (κ3) is 3.62. The van der Waals surface area contributed by atoms with E-state index in [1.54, 1.807) is 0 Å². The highest BCUT2D eigenvalue weighted by molar-refractivity contribution is 6.23. The molecule has 0 bridgehead atoms. The van der Waals surface area contributed by atoms with Gasteiger partial charge in [-0.05, 0) is 106 Å². The first-order valence-corrected chi connectivity index (χ1v) is 15.5. The first-order chi connectivity index (χ1) is 22.3. The Balaban J connectivity index is 1.27. The summed E-state index contributed by atoms with van der Waals surface area (Å²) in [5.74, 6) is 0. The Morgan fingerprint density at radius 1 is 0.267 bits per heavy atom. The molecule has 0 radical (unpaired) electrons. The number of hydrogen-bond donors (Lipinski definition) is 0. The van der Waals surface area contributed by atoms with Crippen LogP contribution in [0.4, 0.5) is 0 Å². The fourth-order valence-electron chi connectivity index (χ4n) is 7.53. The molecule has 0 saturated carbocycles. The van der Waals surface area contributed by atoms with Crippen molar-refractivity contribution in [3.05, 3.63) is 158 Å². The van der Waals surface area contributed by atoms with E-state index in [-0.39, 0.29) is 0 Å². The largest absolute Gasteiger partial charge is 0.456 e. The van der Waals surface area contributed by atoms with E-state index in [4.69, 9.17) is 4.42 Å². The van der Waals surface area contributed by atoms with Crippen molar-refractivity contribution in [3.8, 4) is 22.3 Å². The maximum Gasteiger partial charge on any atom is 0.136 e. The summed E-state index contributed by atoms with van der Waals surface area (Å²) in [6, 6.07) is 57.5. The lowest BCUT2D eigenvalue weighted by molar-refractivity contribution is 0.669. The summed E-state index contributed by atoms with van der Waals surface area (Å²) in [5, 5.41) is 14.8. The molecule has 1 nitrogen and oxygen atoms in total. The molecule has 10 rings (SSSR count). The standard InChI is InChI=1S/C44H26O/c1-2-11-30-26-42-40(23-29(30)10-1)39-25-32(21-22-41(39)45-42)44-36-15-7-5-13-34(36)43(35-14-6-8-16-37(35)44)31-20-19-28-18-17-27-9-3-4-12-33(27)38(28)24-31/h1-26H. The summed E-state index contributed by atoms with van der Waals surface area (Å²) in [7, 11) is 0. The van der Waals surface area contributed by atoms with E-state index in [9.17, 15) is 0 Å². The van der Waals surface area contributed by atoms with Crippen molar-refractivity contribution in [2.75, 3.05) is 0 Å². The molecule has 0 fully saturated rings. The van der Waals surface area contributed by atoms with Crippen molar-refractivity contribution < 1.29 is 4.42 Å². The number of hydrogen-bond acceptors (Lipinski definition) is 1. The molecule has 10 aromatic rings. The third-order valence-electron chi connectivity index (χ3n) is 9.59. The maximum atomic E-state index is 6.37. The van der Waals surface area contributed by atoms with Gasteiger partial charge in [-0.2, -0.15) is 0 Å². The molecule has 0 unspecified atom stereocenters. The average molecular weight is 571 g/mol.